The van der Waals surface area contributed by atoms with Crippen LogP contribution in [0.5, 0.6) is 5.88 Å². The molecule has 1 aliphatic heterocycles. The molecule has 1 atom stereocenters. The highest BCUT2D eigenvalue weighted by molar-refractivity contribution is 7.18. The highest BCUT2D eigenvalue weighted by Gasteiger charge is 2.21. The van der Waals surface area contributed by atoms with Crippen molar-refractivity contribution in [1.29, 1.82) is 0 Å². The molecule has 0 aliphatic carbocycles. The molecule has 0 saturated carbocycles. The minimum absolute atomic E-state index is 0.0579. The number of methoxy groups -OCH3 is 1. The van der Waals surface area contributed by atoms with Gasteiger partial charge in [0.05, 0.1) is 46.3 Å². The minimum atomic E-state index is -0.877. The number of halogens is 2. The Morgan fingerprint density at radius 1 is 1.08 bits per heavy atom. The van der Waals surface area contributed by atoms with Crippen LogP contribution in [0.15, 0.2) is 60.8 Å². The number of carbonyl (C=O) groups excluding carboxylic acids is 1. The highest BCUT2D eigenvalue weighted by Crippen LogP contribution is 2.42. The van der Waals surface area contributed by atoms with Crippen LogP contribution in [-0.4, -0.2) is 69.6 Å². The van der Waals surface area contributed by atoms with Gasteiger partial charge in [0.1, 0.15) is 10.5 Å². The molecule has 5 aromatic rings. The number of benzene rings is 2. The maximum absolute atomic E-state index is 11.5. The molecular formula is C35H35Cl2N7O4S. The summed E-state index contributed by atoms with van der Waals surface area (Å²) < 4.78 is 6.56. The van der Waals surface area contributed by atoms with Crippen LogP contribution in [0.2, 0.25) is 10.0 Å². The number of carboxylic acid groups (broad SMARTS) is 1. The third-order valence-corrected chi connectivity index (χ3v) is 10.1. The molecule has 0 spiro atoms. The Morgan fingerprint density at radius 2 is 1.86 bits per heavy atom. The number of thiazole rings is 1. The third-order valence-electron chi connectivity index (χ3n) is 8.26. The molecule has 11 nitrogen and oxygen atoms in total. The topological polar surface area (TPSA) is 142 Å². The Bertz CT molecular complexity index is 2010. The zero-order valence-corrected chi connectivity index (χ0v) is 29.3. The van der Waals surface area contributed by atoms with Crippen LogP contribution in [0, 0.1) is 0 Å². The van der Waals surface area contributed by atoms with Crippen molar-refractivity contribution in [3.05, 3.63) is 81.4 Å². The van der Waals surface area contributed by atoms with E-state index < -0.39 is 5.97 Å². The number of ether oxygens (including phenoxy) is 1. The summed E-state index contributed by atoms with van der Waals surface area (Å²) in [6.07, 6.45) is 3.10. The van der Waals surface area contributed by atoms with Gasteiger partial charge in [-0.25, -0.2) is 15.0 Å². The Balaban J connectivity index is 1.23. The summed E-state index contributed by atoms with van der Waals surface area (Å²) in [4.78, 5) is 38.7. The van der Waals surface area contributed by atoms with Crippen molar-refractivity contribution in [2.45, 2.75) is 38.9 Å². The van der Waals surface area contributed by atoms with Gasteiger partial charge in [0.25, 0.3) is 0 Å². The van der Waals surface area contributed by atoms with Gasteiger partial charge in [-0.3, -0.25) is 14.5 Å². The molecule has 0 radical (unpaired) electrons. The zero-order valence-electron chi connectivity index (χ0n) is 26.9. The molecule has 49 heavy (non-hydrogen) atoms. The average molecular weight is 721 g/mol. The molecule has 2 aromatic carbocycles. The van der Waals surface area contributed by atoms with Crippen LogP contribution < -0.4 is 20.7 Å². The molecule has 6 rings (SSSR count). The lowest BCUT2D eigenvalue weighted by atomic mass is 10.00. The summed E-state index contributed by atoms with van der Waals surface area (Å²) in [6, 6.07) is 17.3. The van der Waals surface area contributed by atoms with E-state index in [4.69, 9.17) is 37.9 Å². The molecule has 14 heteroatoms. The van der Waals surface area contributed by atoms with E-state index in [-0.39, 0.29) is 18.5 Å². The standard InChI is InChI=1S/C35H35Cl2N7O4S/c1-3-44(19-30(46)47)18-29-43-33-27(49-29)14-15-39-34(33)41-26-9-5-7-23(32(26)37)22-6-4-8-24(31(22)36)25-12-10-20(35(42-25)48-2)16-38-17-21-11-13-28(45)40-21/h4-10,12,14-15,21,38H,3,11,13,16-19H2,1-2H3,(H,39,41)(H,40,45)(H,46,47)/t21-/m0/s1. The number of nitrogens with zero attached hydrogens (tertiary/aromatic N) is 4. The first-order valence-electron chi connectivity index (χ1n) is 15.8. The number of amides is 1. The van der Waals surface area contributed by atoms with Gasteiger partial charge in [0.15, 0.2) is 5.82 Å². The van der Waals surface area contributed by atoms with Crippen LogP contribution in [0.1, 0.15) is 30.3 Å². The Kier molecular flexibility index (Phi) is 10.9. The van der Waals surface area contributed by atoms with Crippen molar-refractivity contribution in [3.8, 4) is 28.3 Å². The van der Waals surface area contributed by atoms with Crippen LogP contribution in [0.3, 0.4) is 0 Å². The van der Waals surface area contributed by atoms with Crippen molar-refractivity contribution >= 4 is 68.1 Å². The van der Waals surface area contributed by atoms with Gasteiger partial charge in [0, 0.05) is 54.0 Å². The van der Waals surface area contributed by atoms with E-state index in [1.165, 1.54) is 11.3 Å². The molecule has 0 bridgehead atoms. The van der Waals surface area contributed by atoms with E-state index in [9.17, 15) is 14.7 Å². The first-order chi connectivity index (χ1) is 23.7. The van der Waals surface area contributed by atoms with Crippen molar-refractivity contribution < 1.29 is 19.4 Å². The maximum Gasteiger partial charge on any atom is 0.317 e. The largest absolute Gasteiger partial charge is 0.481 e. The van der Waals surface area contributed by atoms with E-state index in [1.54, 1.807) is 13.3 Å². The number of hydrogen-bond acceptors (Lipinski definition) is 10. The Hall–Kier alpha value is -4.33. The SMILES string of the molecule is CCN(CC(=O)O)Cc1nc2c(Nc3cccc(-c4cccc(-c5ccc(CNC[C@@H]6CCC(=O)N6)c(OC)n5)c4Cl)c3Cl)nccc2s1. The summed E-state index contributed by atoms with van der Waals surface area (Å²) in [5, 5.41) is 20.7. The highest BCUT2D eigenvalue weighted by atomic mass is 35.5. The Labute approximate surface area is 297 Å². The molecule has 4 N–H and O–H groups in total. The summed E-state index contributed by atoms with van der Waals surface area (Å²) in [5.41, 5.74) is 5.04. The number of nitrogens with one attached hydrogen (secondary N) is 3. The van der Waals surface area contributed by atoms with E-state index in [0.29, 0.717) is 71.2 Å². The molecule has 3 aromatic heterocycles. The van der Waals surface area contributed by atoms with Gasteiger partial charge in [0.2, 0.25) is 11.8 Å². The number of carbonyl (C=O) groups is 2. The van der Waals surface area contributed by atoms with Crippen LogP contribution in [0.25, 0.3) is 32.6 Å². The first-order valence-corrected chi connectivity index (χ1v) is 17.4. The molecule has 1 amide bonds. The van der Waals surface area contributed by atoms with Gasteiger partial charge in [-0.15, -0.1) is 11.3 Å². The lowest BCUT2D eigenvalue weighted by Crippen LogP contribution is -2.35. The fraction of sp³-hybridized carbons (Fsp3) is 0.286. The number of aromatic nitrogens is 3. The number of fused-ring (bicyclic) bond motifs is 1. The van der Waals surface area contributed by atoms with Crippen molar-refractivity contribution in [2.75, 3.05) is 32.1 Å². The molecule has 4 heterocycles. The van der Waals surface area contributed by atoms with Crippen molar-refractivity contribution in [3.63, 3.8) is 0 Å². The molecule has 1 fully saturated rings. The summed E-state index contributed by atoms with van der Waals surface area (Å²) in [6.45, 7) is 4.09. The maximum atomic E-state index is 11.5. The lowest BCUT2D eigenvalue weighted by Gasteiger charge is -2.16. The average Bonchev–Trinajstić information content (AvgIpc) is 3.71. The van der Waals surface area contributed by atoms with E-state index in [2.05, 4.69) is 20.9 Å². The number of hydrogen-bond donors (Lipinski definition) is 4. The normalized spacial score (nSPS) is 14.4. The number of aliphatic carboxylic acids is 1. The number of likely N-dealkylation sites (N-methyl/N-ethyl adjacent to an activating group) is 1. The van der Waals surface area contributed by atoms with Crippen LogP contribution in [0.4, 0.5) is 11.5 Å². The minimum Gasteiger partial charge on any atom is -0.481 e. The number of rotatable bonds is 14. The number of anilines is 2. The van der Waals surface area contributed by atoms with Crippen LogP contribution >= 0.6 is 34.5 Å². The zero-order chi connectivity index (χ0) is 34.5. The predicted octanol–water partition coefficient (Wildman–Crippen LogP) is 6.75. The fourth-order valence-corrected chi connectivity index (χ4v) is 7.37. The quantitative estimate of drug-likeness (QED) is 0.0973. The third kappa shape index (κ3) is 7.95. The van der Waals surface area contributed by atoms with E-state index in [0.717, 1.165) is 38.4 Å². The van der Waals surface area contributed by atoms with Gasteiger partial charge in [-0.2, -0.15) is 0 Å². The Morgan fingerprint density at radius 3 is 2.59 bits per heavy atom. The first kappa shape index (κ1) is 34.5. The molecule has 1 saturated heterocycles. The molecular weight excluding hydrogens is 685 g/mol. The number of pyridine rings is 2. The van der Waals surface area contributed by atoms with Crippen LogP contribution in [-0.2, 0) is 22.7 Å². The summed E-state index contributed by atoms with van der Waals surface area (Å²) in [5.74, 6) is 0.244. The second kappa shape index (κ2) is 15.5. The van der Waals surface area contributed by atoms with Crippen molar-refractivity contribution in [2.24, 2.45) is 0 Å². The second-order valence-electron chi connectivity index (χ2n) is 11.6. The molecule has 254 valence electrons. The van der Waals surface area contributed by atoms with Gasteiger partial charge in [-0.05, 0) is 31.2 Å². The monoisotopic (exact) mass is 719 g/mol. The summed E-state index contributed by atoms with van der Waals surface area (Å²) in [7, 11) is 1.59. The van der Waals surface area contributed by atoms with Gasteiger partial charge < -0.3 is 25.8 Å². The van der Waals surface area contributed by atoms with Gasteiger partial charge in [-0.1, -0.05) is 66.5 Å². The molecule has 0 unspecified atom stereocenters. The second-order valence-corrected chi connectivity index (χ2v) is 13.4. The van der Waals surface area contributed by atoms with Crippen molar-refractivity contribution in [1.82, 2.24) is 30.5 Å². The van der Waals surface area contributed by atoms with Gasteiger partial charge >= 0.3 is 5.97 Å². The number of carboxylic acids is 1. The van der Waals surface area contributed by atoms with E-state index >= 15 is 0 Å². The predicted molar refractivity (Wildman–Crippen MR) is 194 cm³/mol. The fourth-order valence-electron chi connectivity index (χ4n) is 5.77. The van der Waals surface area contributed by atoms with E-state index in [1.807, 2.05) is 66.4 Å². The lowest BCUT2D eigenvalue weighted by molar-refractivity contribution is -0.138. The summed E-state index contributed by atoms with van der Waals surface area (Å²) >= 11 is 15.6. The smallest absolute Gasteiger partial charge is 0.317 e. The molecule has 1 aliphatic rings.